The van der Waals surface area contributed by atoms with Crippen LogP contribution in [0.15, 0.2) is 46.9 Å². The van der Waals surface area contributed by atoms with Gasteiger partial charge in [-0.3, -0.25) is 0 Å². The van der Waals surface area contributed by atoms with E-state index in [1.807, 2.05) is 42.5 Å². The number of benzene rings is 2. The minimum absolute atomic E-state index is 0.00870. The summed E-state index contributed by atoms with van der Waals surface area (Å²) in [6.07, 6.45) is 0.876. The van der Waals surface area contributed by atoms with E-state index < -0.39 is 0 Å². The maximum absolute atomic E-state index is 6.13. The summed E-state index contributed by atoms with van der Waals surface area (Å²) < 4.78 is 12.3. The largest absolute Gasteiger partial charge is 0.496 e. The lowest BCUT2D eigenvalue weighted by atomic mass is 10.0. The maximum atomic E-state index is 6.13. The zero-order valence-electron chi connectivity index (χ0n) is 12.3. The minimum Gasteiger partial charge on any atom is -0.496 e. The fourth-order valence-corrected chi connectivity index (χ4v) is 2.56. The van der Waals surface area contributed by atoms with Gasteiger partial charge in [-0.15, -0.1) is 0 Å². The zero-order chi connectivity index (χ0) is 15.2. The molecule has 112 valence electrons. The maximum Gasteiger partial charge on any atom is 0.125 e. The first-order valence-electron chi connectivity index (χ1n) is 6.95. The monoisotopic (exact) mass is 349 g/mol. The van der Waals surface area contributed by atoms with Crippen LogP contribution >= 0.6 is 15.9 Å². The summed E-state index contributed by atoms with van der Waals surface area (Å²) in [5.41, 5.74) is 8.16. The average molecular weight is 350 g/mol. The first-order valence-corrected chi connectivity index (χ1v) is 7.74. The summed E-state index contributed by atoms with van der Waals surface area (Å²) >= 11 is 3.47. The van der Waals surface area contributed by atoms with E-state index in [-0.39, 0.29) is 6.04 Å². The van der Waals surface area contributed by atoms with E-state index in [0.29, 0.717) is 6.61 Å². The molecule has 0 spiro atoms. The lowest BCUT2D eigenvalue weighted by Gasteiger charge is -2.16. The Hall–Kier alpha value is -1.52. The van der Waals surface area contributed by atoms with Gasteiger partial charge in [-0.1, -0.05) is 41.1 Å². The number of para-hydroxylation sites is 1. The Kier molecular flexibility index (Phi) is 5.65. The molecule has 0 aromatic heterocycles. The Morgan fingerprint density at radius 1 is 1.14 bits per heavy atom. The first-order chi connectivity index (χ1) is 10.2. The van der Waals surface area contributed by atoms with Gasteiger partial charge in [-0.05, 0) is 30.7 Å². The summed E-state index contributed by atoms with van der Waals surface area (Å²) in [6.45, 7) is 2.51. The second-order valence-corrected chi connectivity index (χ2v) is 5.71. The molecule has 3 nitrogen and oxygen atoms in total. The van der Waals surface area contributed by atoms with E-state index in [4.69, 9.17) is 15.2 Å². The molecule has 0 saturated carbocycles. The number of hydrogen-bond acceptors (Lipinski definition) is 3. The lowest BCUT2D eigenvalue weighted by Crippen LogP contribution is -2.11. The van der Waals surface area contributed by atoms with Crippen molar-refractivity contribution in [3.63, 3.8) is 0 Å². The van der Waals surface area contributed by atoms with Crippen molar-refractivity contribution in [3.8, 4) is 11.5 Å². The lowest BCUT2D eigenvalue weighted by molar-refractivity contribution is 0.292. The van der Waals surface area contributed by atoms with Gasteiger partial charge in [0.25, 0.3) is 0 Å². The van der Waals surface area contributed by atoms with Crippen LogP contribution in [0.25, 0.3) is 0 Å². The predicted octanol–water partition coefficient (Wildman–Crippen LogP) is 4.45. The van der Waals surface area contributed by atoms with Gasteiger partial charge < -0.3 is 15.2 Å². The molecule has 2 N–H and O–H groups in total. The summed E-state index contributed by atoms with van der Waals surface area (Å²) in [5.74, 6) is 1.64. The molecular formula is C17H20BrNO2. The molecule has 0 heterocycles. The fraction of sp³-hybridized carbons (Fsp3) is 0.294. The van der Waals surface area contributed by atoms with Gasteiger partial charge in [0.1, 0.15) is 18.1 Å². The first kappa shape index (κ1) is 15.9. The molecule has 2 rings (SSSR count). The summed E-state index contributed by atoms with van der Waals surface area (Å²) in [7, 11) is 1.66. The third-order valence-electron chi connectivity index (χ3n) is 3.38. The summed E-state index contributed by atoms with van der Waals surface area (Å²) in [6, 6.07) is 13.8. The molecule has 21 heavy (non-hydrogen) atoms. The second kappa shape index (κ2) is 7.48. The zero-order valence-corrected chi connectivity index (χ0v) is 13.9. The van der Waals surface area contributed by atoms with Gasteiger partial charge in [0.05, 0.1) is 7.11 Å². The van der Waals surface area contributed by atoms with Gasteiger partial charge >= 0.3 is 0 Å². The van der Waals surface area contributed by atoms with Crippen LogP contribution < -0.4 is 15.2 Å². The highest BCUT2D eigenvalue weighted by Crippen LogP contribution is 2.28. The molecule has 2 aromatic carbocycles. The number of nitrogens with two attached hydrogens (primary N) is 1. The van der Waals surface area contributed by atoms with Crippen molar-refractivity contribution in [1.82, 2.24) is 0 Å². The van der Waals surface area contributed by atoms with Gasteiger partial charge in [-0.25, -0.2) is 0 Å². The Morgan fingerprint density at radius 2 is 1.90 bits per heavy atom. The Labute approximate surface area is 134 Å². The number of halogens is 1. The molecule has 0 aliphatic carbocycles. The molecule has 0 radical (unpaired) electrons. The average Bonchev–Trinajstić information content (AvgIpc) is 2.52. The highest BCUT2D eigenvalue weighted by Gasteiger charge is 2.11. The standard InChI is InChI=1S/C17H20BrNO2/c1-3-15(19)14-6-4-5-7-17(14)21-11-12-10-13(18)8-9-16(12)20-2/h4-10,15H,3,11,19H2,1-2H3. The van der Waals surface area contributed by atoms with Crippen LogP contribution in [0.1, 0.15) is 30.5 Å². The molecule has 0 saturated heterocycles. The Balaban J connectivity index is 2.19. The van der Waals surface area contributed by atoms with E-state index in [1.165, 1.54) is 0 Å². The third kappa shape index (κ3) is 3.99. The van der Waals surface area contributed by atoms with Crippen molar-refractivity contribution < 1.29 is 9.47 Å². The third-order valence-corrected chi connectivity index (χ3v) is 3.88. The van der Waals surface area contributed by atoms with E-state index >= 15 is 0 Å². The van der Waals surface area contributed by atoms with Crippen LogP contribution in [0.3, 0.4) is 0 Å². The summed E-state index contributed by atoms with van der Waals surface area (Å²) in [5, 5.41) is 0. The topological polar surface area (TPSA) is 44.5 Å². The Morgan fingerprint density at radius 3 is 2.62 bits per heavy atom. The molecule has 2 aromatic rings. The van der Waals surface area contributed by atoms with E-state index in [1.54, 1.807) is 7.11 Å². The van der Waals surface area contributed by atoms with Crippen LogP contribution in [0.4, 0.5) is 0 Å². The molecule has 1 unspecified atom stereocenters. The smallest absolute Gasteiger partial charge is 0.125 e. The number of hydrogen-bond donors (Lipinski definition) is 1. The van der Waals surface area contributed by atoms with Crippen LogP contribution in [0, 0.1) is 0 Å². The van der Waals surface area contributed by atoms with Crippen molar-refractivity contribution >= 4 is 15.9 Å². The van der Waals surface area contributed by atoms with E-state index in [2.05, 4.69) is 22.9 Å². The van der Waals surface area contributed by atoms with Crippen LogP contribution in [-0.2, 0) is 6.61 Å². The molecule has 0 aliphatic rings. The Bertz CT molecular complexity index is 601. The number of methoxy groups -OCH3 is 1. The normalized spacial score (nSPS) is 12.0. The molecule has 0 amide bonds. The second-order valence-electron chi connectivity index (χ2n) is 4.80. The highest BCUT2D eigenvalue weighted by atomic mass is 79.9. The van der Waals surface area contributed by atoms with Crippen molar-refractivity contribution in [2.45, 2.75) is 26.0 Å². The highest BCUT2D eigenvalue weighted by molar-refractivity contribution is 9.10. The van der Waals surface area contributed by atoms with Gasteiger partial charge in [-0.2, -0.15) is 0 Å². The van der Waals surface area contributed by atoms with Crippen molar-refractivity contribution in [2.24, 2.45) is 5.73 Å². The predicted molar refractivity (Wildman–Crippen MR) is 88.7 cm³/mol. The molecular weight excluding hydrogens is 330 g/mol. The van der Waals surface area contributed by atoms with Crippen LogP contribution in [0.2, 0.25) is 0 Å². The van der Waals surface area contributed by atoms with Crippen molar-refractivity contribution in [3.05, 3.63) is 58.1 Å². The van der Waals surface area contributed by atoms with Gasteiger partial charge in [0.15, 0.2) is 0 Å². The fourth-order valence-electron chi connectivity index (χ4n) is 2.15. The molecule has 0 bridgehead atoms. The summed E-state index contributed by atoms with van der Waals surface area (Å²) in [4.78, 5) is 0. The van der Waals surface area contributed by atoms with Crippen LogP contribution in [-0.4, -0.2) is 7.11 Å². The SMILES string of the molecule is CCC(N)c1ccccc1OCc1cc(Br)ccc1OC. The van der Waals surface area contributed by atoms with Crippen LogP contribution in [0.5, 0.6) is 11.5 Å². The van der Waals surface area contributed by atoms with Gasteiger partial charge in [0.2, 0.25) is 0 Å². The molecule has 0 aliphatic heterocycles. The van der Waals surface area contributed by atoms with Crippen molar-refractivity contribution in [1.29, 1.82) is 0 Å². The molecule has 0 fully saturated rings. The van der Waals surface area contributed by atoms with E-state index in [9.17, 15) is 0 Å². The van der Waals surface area contributed by atoms with E-state index in [0.717, 1.165) is 33.5 Å². The molecule has 1 atom stereocenters. The van der Waals surface area contributed by atoms with Gasteiger partial charge in [0, 0.05) is 21.6 Å². The number of ether oxygens (including phenoxy) is 2. The minimum atomic E-state index is -0.00870. The van der Waals surface area contributed by atoms with Crippen molar-refractivity contribution in [2.75, 3.05) is 7.11 Å². The number of rotatable bonds is 6. The molecule has 4 heteroatoms. The quantitative estimate of drug-likeness (QED) is 0.837.